The first-order valence-corrected chi connectivity index (χ1v) is 10.8. The van der Waals surface area contributed by atoms with E-state index in [0.29, 0.717) is 34.3 Å². The minimum atomic E-state index is -0.180. The van der Waals surface area contributed by atoms with Gasteiger partial charge in [0.15, 0.2) is 5.65 Å². The van der Waals surface area contributed by atoms with E-state index in [9.17, 15) is 4.79 Å². The Kier molecular flexibility index (Phi) is 4.76. The summed E-state index contributed by atoms with van der Waals surface area (Å²) >= 11 is 12.4. The number of ether oxygens (including phenoxy) is 1. The molecule has 0 amide bonds. The van der Waals surface area contributed by atoms with Crippen LogP contribution in [0.25, 0.3) is 22.3 Å². The van der Waals surface area contributed by atoms with Gasteiger partial charge in [-0.25, -0.2) is 4.98 Å². The molecule has 2 aliphatic heterocycles. The summed E-state index contributed by atoms with van der Waals surface area (Å²) in [4.78, 5) is 24.1. The summed E-state index contributed by atoms with van der Waals surface area (Å²) in [7, 11) is 1.74. The van der Waals surface area contributed by atoms with E-state index in [2.05, 4.69) is 27.0 Å². The highest BCUT2D eigenvalue weighted by Crippen LogP contribution is 2.42. The second-order valence-corrected chi connectivity index (χ2v) is 9.09. The summed E-state index contributed by atoms with van der Waals surface area (Å²) in [5.41, 5.74) is 1.51. The molecule has 1 atom stereocenters. The number of anilines is 1. The van der Waals surface area contributed by atoms with Crippen molar-refractivity contribution in [2.45, 2.75) is 32.3 Å². The molecule has 3 aromatic heterocycles. The zero-order valence-corrected chi connectivity index (χ0v) is 18.3. The average Bonchev–Trinajstić information content (AvgIpc) is 3.31. The average molecular weight is 449 g/mol. The van der Waals surface area contributed by atoms with Crippen LogP contribution >= 0.6 is 23.2 Å². The second kappa shape index (κ2) is 7.21. The van der Waals surface area contributed by atoms with Crippen LogP contribution in [0.1, 0.15) is 26.2 Å². The Hall–Kier alpha value is -2.16. The summed E-state index contributed by atoms with van der Waals surface area (Å²) in [5, 5.41) is 8.02. The van der Waals surface area contributed by atoms with Gasteiger partial charge in [0.25, 0.3) is 5.56 Å². The van der Waals surface area contributed by atoms with Gasteiger partial charge in [0, 0.05) is 31.9 Å². The summed E-state index contributed by atoms with van der Waals surface area (Å²) in [6, 6.07) is 1.70. The number of aromatic amines is 1. The van der Waals surface area contributed by atoms with Crippen LogP contribution in [-0.4, -0.2) is 50.5 Å². The predicted molar refractivity (Wildman–Crippen MR) is 116 cm³/mol. The van der Waals surface area contributed by atoms with Crippen molar-refractivity contribution in [3.63, 3.8) is 0 Å². The Morgan fingerprint density at radius 2 is 2.07 bits per heavy atom. The second-order valence-electron chi connectivity index (χ2n) is 8.35. The van der Waals surface area contributed by atoms with Gasteiger partial charge in [0.2, 0.25) is 5.95 Å². The molecule has 158 valence electrons. The Labute approximate surface area is 183 Å². The van der Waals surface area contributed by atoms with E-state index in [-0.39, 0.29) is 21.2 Å². The van der Waals surface area contributed by atoms with E-state index in [1.54, 1.807) is 23.9 Å². The van der Waals surface area contributed by atoms with Gasteiger partial charge in [-0.15, -0.1) is 0 Å². The Morgan fingerprint density at radius 3 is 2.77 bits per heavy atom. The maximum atomic E-state index is 13.3. The van der Waals surface area contributed by atoms with Crippen molar-refractivity contribution in [2.24, 2.45) is 12.5 Å². The van der Waals surface area contributed by atoms with Crippen LogP contribution in [-0.2, 0) is 11.8 Å². The van der Waals surface area contributed by atoms with Gasteiger partial charge in [0.05, 0.1) is 23.4 Å². The monoisotopic (exact) mass is 448 g/mol. The zero-order valence-electron chi connectivity index (χ0n) is 16.8. The summed E-state index contributed by atoms with van der Waals surface area (Å²) < 4.78 is 7.41. The molecule has 2 aliphatic rings. The largest absolute Gasteiger partial charge is 0.378 e. The molecular weight excluding hydrogens is 427 g/mol. The molecular formula is C20H22Cl2N6O2. The minimum absolute atomic E-state index is 0.172. The molecule has 5 rings (SSSR count). The van der Waals surface area contributed by atoms with Gasteiger partial charge in [0.1, 0.15) is 10.5 Å². The molecule has 0 saturated carbocycles. The number of nitrogens with one attached hydrogen (secondary N) is 1. The molecule has 8 nitrogen and oxygen atoms in total. The molecule has 2 saturated heterocycles. The standard InChI is InChI=1S/C20H22Cl2N6O2/c1-11-9-20(10-30-11)4-7-28(8-5-20)19-24-17-13(18(29)27(19)2)15(25-26-17)12-3-6-23-16(22)14(12)21/h3,6,11H,4-5,7-10H2,1-2H3,(H,25,26)/t11-/m0/s1. The lowest BCUT2D eigenvalue weighted by Crippen LogP contribution is -2.43. The van der Waals surface area contributed by atoms with Crippen molar-refractivity contribution < 1.29 is 4.74 Å². The lowest BCUT2D eigenvalue weighted by Gasteiger charge is -2.39. The number of fused-ring (bicyclic) bond motifs is 1. The fourth-order valence-corrected chi connectivity index (χ4v) is 5.07. The van der Waals surface area contributed by atoms with Crippen LogP contribution in [0.3, 0.4) is 0 Å². The number of hydrogen-bond donors (Lipinski definition) is 1. The topological polar surface area (TPSA) is 88.9 Å². The summed E-state index contributed by atoms with van der Waals surface area (Å²) in [6.07, 6.45) is 5.03. The van der Waals surface area contributed by atoms with E-state index in [1.165, 1.54) is 0 Å². The van der Waals surface area contributed by atoms with Crippen molar-refractivity contribution >= 4 is 40.2 Å². The summed E-state index contributed by atoms with van der Waals surface area (Å²) in [5.74, 6) is 0.631. The first kappa shape index (κ1) is 19.8. The van der Waals surface area contributed by atoms with Gasteiger partial charge < -0.3 is 9.64 Å². The SMILES string of the molecule is C[C@H]1CC2(CCN(c3nc4n[nH]c(-c5ccnc(Cl)c5Cl)c4c(=O)n3C)CC2)CO1. The molecule has 0 bridgehead atoms. The zero-order chi connectivity index (χ0) is 21.0. The Morgan fingerprint density at radius 1 is 1.30 bits per heavy atom. The molecule has 5 heterocycles. The fourth-order valence-electron chi connectivity index (χ4n) is 4.71. The highest BCUT2D eigenvalue weighted by Gasteiger charge is 2.41. The van der Waals surface area contributed by atoms with E-state index in [4.69, 9.17) is 32.9 Å². The molecule has 3 aromatic rings. The number of rotatable bonds is 2. The lowest BCUT2D eigenvalue weighted by molar-refractivity contribution is 0.0974. The molecule has 0 radical (unpaired) electrons. The smallest absolute Gasteiger partial charge is 0.266 e. The first-order valence-electron chi connectivity index (χ1n) is 10.0. The third-order valence-electron chi connectivity index (χ3n) is 6.39. The van der Waals surface area contributed by atoms with E-state index < -0.39 is 0 Å². The quantitative estimate of drug-likeness (QED) is 0.604. The normalized spacial score (nSPS) is 21.1. The fraction of sp³-hybridized carbons (Fsp3) is 0.500. The highest BCUT2D eigenvalue weighted by atomic mass is 35.5. The minimum Gasteiger partial charge on any atom is -0.378 e. The lowest BCUT2D eigenvalue weighted by atomic mass is 9.77. The van der Waals surface area contributed by atoms with Gasteiger partial charge in [-0.05, 0) is 37.7 Å². The number of halogens is 2. The van der Waals surface area contributed by atoms with E-state index in [0.717, 1.165) is 39.0 Å². The number of aromatic nitrogens is 5. The Balaban J connectivity index is 1.51. The molecule has 10 heteroatoms. The van der Waals surface area contributed by atoms with Crippen molar-refractivity contribution in [3.05, 3.63) is 32.8 Å². The van der Waals surface area contributed by atoms with Crippen LogP contribution in [0.15, 0.2) is 17.1 Å². The third-order valence-corrected chi connectivity index (χ3v) is 7.15. The van der Waals surface area contributed by atoms with E-state index in [1.807, 2.05) is 0 Å². The van der Waals surface area contributed by atoms with Crippen LogP contribution < -0.4 is 10.5 Å². The van der Waals surface area contributed by atoms with Crippen LogP contribution in [0, 0.1) is 5.41 Å². The molecule has 0 unspecified atom stereocenters. The number of hydrogen-bond acceptors (Lipinski definition) is 6. The first-order chi connectivity index (χ1) is 14.4. The van der Waals surface area contributed by atoms with Gasteiger partial charge in [-0.2, -0.15) is 10.1 Å². The molecule has 1 N–H and O–H groups in total. The molecule has 1 spiro atoms. The number of piperidine rings is 1. The Bertz CT molecular complexity index is 1180. The van der Waals surface area contributed by atoms with Gasteiger partial charge in [-0.1, -0.05) is 23.2 Å². The van der Waals surface area contributed by atoms with Crippen molar-refractivity contribution in [2.75, 3.05) is 24.6 Å². The number of nitrogens with zero attached hydrogens (tertiary/aromatic N) is 5. The van der Waals surface area contributed by atoms with Gasteiger partial charge in [-0.3, -0.25) is 14.5 Å². The molecule has 30 heavy (non-hydrogen) atoms. The van der Waals surface area contributed by atoms with Crippen LogP contribution in [0.5, 0.6) is 0 Å². The van der Waals surface area contributed by atoms with Crippen LogP contribution in [0.2, 0.25) is 10.2 Å². The number of H-pyrrole nitrogens is 1. The van der Waals surface area contributed by atoms with Crippen molar-refractivity contribution in [1.82, 2.24) is 24.7 Å². The number of pyridine rings is 1. The molecule has 0 aliphatic carbocycles. The highest BCUT2D eigenvalue weighted by molar-refractivity contribution is 6.43. The van der Waals surface area contributed by atoms with Crippen molar-refractivity contribution in [3.8, 4) is 11.3 Å². The van der Waals surface area contributed by atoms with Crippen LogP contribution in [0.4, 0.5) is 5.95 Å². The summed E-state index contributed by atoms with van der Waals surface area (Å²) in [6.45, 7) is 4.64. The van der Waals surface area contributed by atoms with Crippen molar-refractivity contribution in [1.29, 1.82) is 0 Å². The maximum absolute atomic E-state index is 13.3. The third kappa shape index (κ3) is 3.09. The van der Waals surface area contributed by atoms with Gasteiger partial charge >= 0.3 is 0 Å². The molecule has 2 fully saturated rings. The van der Waals surface area contributed by atoms with E-state index >= 15 is 0 Å². The predicted octanol–water partition coefficient (Wildman–Crippen LogP) is 3.42. The molecule has 0 aromatic carbocycles. The maximum Gasteiger partial charge on any atom is 0.266 e.